The fraction of sp³-hybridized carbons (Fsp3) is 0.517. The number of hydrogen-bond donors (Lipinski definition) is 0. The molecule has 0 aliphatic heterocycles. The maximum absolute atomic E-state index is 5.80. The van der Waals surface area contributed by atoms with E-state index in [1.54, 1.807) is 5.56 Å². The predicted octanol–water partition coefficient (Wildman–Crippen LogP) is 8.45. The molecule has 0 atom stereocenters. The van der Waals surface area contributed by atoms with Gasteiger partial charge in [0, 0.05) is 0 Å². The van der Waals surface area contributed by atoms with Gasteiger partial charge in [0.05, 0.1) is 0 Å². The second-order valence-electron chi connectivity index (χ2n) is 9.46. The summed E-state index contributed by atoms with van der Waals surface area (Å²) < 4.78 is 5.80. The maximum Gasteiger partial charge on any atom is 0.120 e. The van der Waals surface area contributed by atoms with Crippen molar-refractivity contribution in [3.8, 4) is 5.75 Å². The lowest BCUT2D eigenvalue weighted by Crippen LogP contribution is -2.25. The Kier molecular flexibility index (Phi) is 7.31. The lowest BCUT2D eigenvalue weighted by Gasteiger charge is -2.37. The summed E-state index contributed by atoms with van der Waals surface area (Å²) in [4.78, 5) is 0. The van der Waals surface area contributed by atoms with E-state index < -0.39 is 0 Å². The van der Waals surface area contributed by atoms with Gasteiger partial charge in [0.1, 0.15) is 12.4 Å². The third-order valence-corrected chi connectivity index (χ3v) is 7.61. The lowest BCUT2D eigenvalue weighted by atomic mass is 9.68. The van der Waals surface area contributed by atoms with Crippen molar-refractivity contribution in [3.63, 3.8) is 0 Å². The Morgan fingerprint density at radius 1 is 0.767 bits per heavy atom. The molecule has 2 aliphatic carbocycles. The normalized spacial score (nSPS) is 27.8. The van der Waals surface area contributed by atoms with Gasteiger partial charge >= 0.3 is 0 Å². The standard InChI is InChI=1S/C29H38O/c1-3-5-19-30-29-18-17-27-20-26(15-16-28(27)21-29)25-13-11-24(12-14-25)23-9-7-22(6-4-2)8-10-23/h3-6,15-18,20-25H,7-14,19H2,1-2H3/b5-3+,6-4+. The summed E-state index contributed by atoms with van der Waals surface area (Å²) >= 11 is 0. The van der Waals surface area contributed by atoms with Crippen LogP contribution in [0, 0.1) is 17.8 Å². The zero-order valence-electron chi connectivity index (χ0n) is 18.9. The number of fused-ring (bicyclic) bond motifs is 1. The van der Waals surface area contributed by atoms with Crippen LogP contribution in [0.4, 0.5) is 0 Å². The first-order chi connectivity index (χ1) is 14.8. The first-order valence-electron chi connectivity index (χ1n) is 12.2. The van der Waals surface area contributed by atoms with Crippen LogP contribution in [0.2, 0.25) is 0 Å². The maximum atomic E-state index is 5.80. The molecule has 0 unspecified atom stereocenters. The molecule has 0 heterocycles. The first-order valence-corrected chi connectivity index (χ1v) is 12.2. The Hall–Kier alpha value is -2.02. The highest BCUT2D eigenvalue weighted by Crippen LogP contribution is 2.44. The SMILES string of the molecule is C/C=C/COc1ccc2cc(C3CCC(C4CCC(/C=C/C)CC4)CC3)ccc2c1. The van der Waals surface area contributed by atoms with E-state index in [9.17, 15) is 0 Å². The molecule has 160 valence electrons. The topological polar surface area (TPSA) is 9.23 Å². The van der Waals surface area contributed by atoms with Gasteiger partial charge in [-0.3, -0.25) is 0 Å². The molecule has 0 bridgehead atoms. The van der Waals surface area contributed by atoms with Crippen molar-refractivity contribution in [2.75, 3.05) is 6.61 Å². The second kappa shape index (κ2) is 10.3. The van der Waals surface area contributed by atoms with E-state index in [4.69, 9.17) is 4.74 Å². The largest absolute Gasteiger partial charge is 0.490 e. The van der Waals surface area contributed by atoms with Crippen molar-refractivity contribution in [1.29, 1.82) is 0 Å². The van der Waals surface area contributed by atoms with Gasteiger partial charge in [0.25, 0.3) is 0 Å². The van der Waals surface area contributed by atoms with Gasteiger partial charge in [-0.25, -0.2) is 0 Å². The minimum atomic E-state index is 0.639. The van der Waals surface area contributed by atoms with Crippen molar-refractivity contribution in [3.05, 3.63) is 66.3 Å². The van der Waals surface area contributed by atoms with Crippen molar-refractivity contribution >= 4 is 10.8 Å². The average molecular weight is 403 g/mol. The molecule has 2 aromatic rings. The predicted molar refractivity (Wildman–Crippen MR) is 129 cm³/mol. The summed E-state index contributed by atoms with van der Waals surface area (Å²) in [7, 11) is 0. The quantitative estimate of drug-likeness (QED) is 0.440. The molecule has 0 spiro atoms. The summed E-state index contributed by atoms with van der Waals surface area (Å²) in [6.45, 7) is 4.83. The minimum absolute atomic E-state index is 0.639. The molecule has 2 aromatic carbocycles. The van der Waals surface area contributed by atoms with Gasteiger partial charge < -0.3 is 4.74 Å². The summed E-state index contributed by atoms with van der Waals surface area (Å²) in [5, 5.41) is 2.62. The Balaban J connectivity index is 1.33. The molecule has 0 aromatic heterocycles. The summed E-state index contributed by atoms with van der Waals surface area (Å²) in [5.74, 6) is 4.53. The van der Waals surface area contributed by atoms with Crippen LogP contribution in [0.15, 0.2) is 60.7 Å². The van der Waals surface area contributed by atoms with Crippen LogP contribution in [0.1, 0.15) is 76.7 Å². The third kappa shape index (κ3) is 5.17. The number of benzene rings is 2. The van der Waals surface area contributed by atoms with Gasteiger partial charge in [-0.05, 0) is 117 Å². The molecule has 2 saturated carbocycles. The van der Waals surface area contributed by atoms with E-state index in [1.165, 1.54) is 62.1 Å². The van der Waals surface area contributed by atoms with Crippen molar-refractivity contribution in [2.45, 2.75) is 71.1 Å². The molecule has 0 radical (unpaired) electrons. The highest BCUT2D eigenvalue weighted by atomic mass is 16.5. The Labute approximate surface area is 183 Å². The van der Waals surface area contributed by atoms with Gasteiger partial charge in [-0.15, -0.1) is 0 Å². The van der Waals surface area contributed by atoms with Crippen LogP contribution in [0.25, 0.3) is 10.8 Å². The van der Waals surface area contributed by atoms with E-state index in [0.717, 1.165) is 29.4 Å². The monoisotopic (exact) mass is 402 g/mol. The highest BCUT2D eigenvalue weighted by Gasteiger charge is 2.30. The molecule has 2 aliphatic rings. The molecule has 30 heavy (non-hydrogen) atoms. The number of ether oxygens (including phenoxy) is 1. The lowest BCUT2D eigenvalue weighted by molar-refractivity contribution is 0.171. The van der Waals surface area contributed by atoms with Gasteiger partial charge in [0.15, 0.2) is 0 Å². The zero-order valence-corrected chi connectivity index (χ0v) is 18.9. The Morgan fingerprint density at radius 2 is 1.43 bits per heavy atom. The van der Waals surface area contributed by atoms with Gasteiger partial charge in [-0.1, -0.05) is 48.6 Å². The molecule has 4 rings (SSSR count). The number of hydrogen-bond acceptors (Lipinski definition) is 1. The van der Waals surface area contributed by atoms with Crippen LogP contribution >= 0.6 is 0 Å². The summed E-state index contributed by atoms with van der Waals surface area (Å²) in [6.07, 6.45) is 20.1. The molecule has 0 N–H and O–H groups in total. The number of allylic oxidation sites excluding steroid dienone is 3. The Morgan fingerprint density at radius 3 is 2.13 bits per heavy atom. The van der Waals surface area contributed by atoms with E-state index in [2.05, 4.69) is 55.5 Å². The van der Waals surface area contributed by atoms with E-state index in [-0.39, 0.29) is 0 Å². The van der Waals surface area contributed by atoms with Gasteiger partial charge in [0.2, 0.25) is 0 Å². The van der Waals surface area contributed by atoms with Crippen LogP contribution in [0.5, 0.6) is 5.75 Å². The van der Waals surface area contributed by atoms with Crippen LogP contribution in [-0.4, -0.2) is 6.61 Å². The van der Waals surface area contributed by atoms with E-state index in [1.807, 2.05) is 19.1 Å². The first kappa shape index (κ1) is 21.2. The van der Waals surface area contributed by atoms with Crippen LogP contribution < -0.4 is 4.74 Å². The second-order valence-corrected chi connectivity index (χ2v) is 9.46. The van der Waals surface area contributed by atoms with Gasteiger partial charge in [-0.2, -0.15) is 0 Å². The molecule has 2 fully saturated rings. The van der Waals surface area contributed by atoms with Crippen LogP contribution in [0.3, 0.4) is 0 Å². The fourth-order valence-electron chi connectivity index (χ4n) is 5.83. The number of rotatable bonds is 6. The fourth-order valence-corrected chi connectivity index (χ4v) is 5.83. The third-order valence-electron chi connectivity index (χ3n) is 7.61. The van der Waals surface area contributed by atoms with Crippen molar-refractivity contribution in [1.82, 2.24) is 0 Å². The smallest absolute Gasteiger partial charge is 0.120 e. The van der Waals surface area contributed by atoms with E-state index in [0.29, 0.717) is 6.61 Å². The van der Waals surface area contributed by atoms with Crippen molar-refractivity contribution < 1.29 is 4.74 Å². The zero-order chi connectivity index (χ0) is 20.8. The van der Waals surface area contributed by atoms with E-state index >= 15 is 0 Å². The molecule has 0 amide bonds. The summed E-state index contributed by atoms with van der Waals surface area (Å²) in [6, 6.07) is 13.6. The molecular formula is C29H38O. The minimum Gasteiger partial charge on any atom is -0.490 e. The van der Waals surface area contributed by atoms with Crippen LogP contribution in [-0.2, 0) is 0 Å². The highest BCUT2D eigenvalue weighted by molar-refractivity contribution is 5.84. The molecule has 0 saturated heterocycles. The molecule has 1 heteroatoms. The Bertz CT molecular complexity index is 861. The summed E-state index contributed by atoms with van der Waals surface area (Å²) in [5.41, 5.74) is 1.54. The molecule has 1 nitrogen and oxygen atoms in total. The van der Waals surface area contributed by atoms with Crippen molar-refractivity contribution in [2.24, 2.45) is 17.8 Å². The molecular weight excluding hydrogens is 364 g/mol. The average Bonchev–Trinajstić information content (AvgIpc) is 2.80.